The number of nitrogens with zero attached hydrogens (tertiary/aromatic N) is 2. The predicted molar refractivity (Wildman–Crippen MR) is 109 cm³/mol. The number of anilines is 1. The third kappa shape index (κ3) is 4.54. The van der Waals surface area contributed by atoms with Crippen LogP contribution in [0.2, 0.25) is 0 Å². The van der Waals surface area contributed by atoms with Crippen molar-refractivity contribution in [2.45, 2.75) is 26.2 Å². The van der Waals surface area contributed by atoms with Gasteiger partial charge in [-0.2, -0.15) is 0 Å². The minimum atomic E-state index is 0.0950. The lowest BCUT2D eigenvalue weighted by Crippen LogP contribution is -2.48. The third-order valence-electron chi connectivity index (χ3n) is 4.91. The zero-order valence-electron chi connectivity index (χ0n) is 16.0. The largest absolute Gasteiger partial charge is 0.368 e. The van der Waals surface area contributed by atoms with Crippen molar-refractivity contribution in [3.8, 4) is 0 Å². The molecule has 1 amide bonds. The van der Waals surface area contributed by atoms with Gasteiger partial charge in [0.05, 0.1) is 0 Å². The van der Waals surface area contributed by atoms with E-state index in [0.29, 0.717) is 0 Å². The molecule has 3 rings (SSSR count). The SMILES string of the molecule is CC(C)(C)c1ccc(C=CC(=O)N2CCN(c3ccccc3)CC2)cc1. The first kappa shape index (κ1) is 18.2. The van der Waals surface area contributed by atoms with Crippen LogP contribution in [0, 0.1) is 0 Å². The first-order chi connectivity index (χ1) is 12.4. The second kappa shape index (κ2) is 7.77. The summed E-state index contributed by atoms with van der Waals surface area (Å²) in [6, 6.07) is 18.8. The number of benzene rings is 2. The van der Waals surface area contributed by atoms with Crippen LogP contribution in [0.1, 0.15) is 31.9 Å². The molecule has 0 bridgehead atoms. The Morgan fingerprint density at radius 2 is 1.50 bits per heavy atom. The lowest BCUT2D eigenvalue weighted by Gasteiger charge is -2.35. The molecule has 0 radical (unpaired) electrons. The molecule has 26 heavy (non-hydrogen) atoms. The molecule has 1 aliphatic heterocycles. The van der Waals surface area contributed by atoms with Gasteiger partial charge in [-0.05, 0) is 34.8 Å². The molecule has 1 saturated heterocycles. The molecule has 0 N–H and O–H groups in total. The van der Waals surface area contributed by atoms with Gasteiger partial charge in [-0.25, -0.2) is 0 Å². The molecule has 0 aromatic heterocycles. The van der Waals surface area contributed by atoms with Gasteiger partial charge >= 0.3 is 0 Å². The molecule has 2 aromatic carbocycles. The second-order valence-corrected chi connectivity index (χ2v) is 7.85. The molecule has 0 spiro atoms. The number of piperazine rings is 1. The van der Waals surface area contributed by atoms with Gasteiger partial charge in [-0.1, -0.05) is 63.2 Å². The van der Waals surface area contributed by atoms with Crippen molar-refractivity contribution >= 4 is 17.7 Å². The van der Waals surface area contributed by atoms with E-state index in [2.05, 4.69) is 74.2 Å². The van der Waals surface area contributed by atoms with E-state index >= 15 is 0 Å². The first-order valence-corrected chi connectivity index (χ1v) is 9.31. The zero-order chi connectivity index (χ0) is 18.6. The summed E-state index contributed by atoms with van der Waals surface area (Å²) in [6.45, 7) is 9.90. The van der Waals surface area contributed by atoms with Crippen LogP contribution in [0.5, 0.6) is 0 Å². The normalized spacial score (nSPS) is 15.5. The number of amides is 1. The molecule has 1 fully saturated rings. The molecule has 3 nitrogen and oxygen atoms in total. The second-order valence-electron chi connectivity index (χ2n) is 7.85. The Morgan fingerprint density at radius 1 is 0.885 bits per heavy atom. The van der Waals surface area contributed by atoms with Crippen molar-refractivity contribution in [1.82, 2.24) is 4.90 Å². The number of rotatable bonds is 3. The Labute approximate surface area is 156 Å². The topological polar surface area (TPSA) is 23.6 Å². The number of hydrogen-bond donors (Lipinski definition) is 0. The van der Waals surface area contributed by atoms with E-state index < -0.39 is 0 Å². The molecule has 1 heterocycles. The van der Waals surface area contributed by atoms with Crippen molar-refractivity contribution in [3.63, 3.8) is 0 Å². The fraction of sp³-hybridized carbons (Fsp3) is 0.348. The molecule has 3 heteroatoms. The van der Waals surface area contributed by atoms with Crippen molar-refractivity contribution in [1.29, 1.82) is 0 Å². The molecule has 0 aliphatic carbocycles. The van der Waals surface area contributed by atoms with Crippen molar-refractivity contribution in [3.05, 3.63) is 71.8 Å². The zero-order valence-corrected chi connectivity index (χ0v) is 16.0. The highest BCUT2D eigenvalue weighted by Gasteiger charge is 2.19. The maximum atomic E-state index is 12.5. The summed E-state index contributed by atoms with van der Waals surface area (Å²) in [7, 11) is 0. The molecule has 0 atom stereocenters. The quantitative estimate of drug-likeness (QED) is 0.770. The summed E-state index contributed by atoms with van der Waals surface area (Å²) in [5.74, 6) is 0.0950. The third-order valence-corrected chi connectivity index (χ3v) is 4.91. The van der Waals surface area contributed by atoms with Crippen LogP contribution >= 0.6 is 0 Å². The van der Waals surface area contributed by atoms with E-state index in [1.807, 2.05) is 17.0 Å². The molecule has 0 unspecified atom stereocenters. The number of para-hydroxylation sites is 1. The lowest BCUT2D eigenvalue weighted by molar-refractivity contribution is -0.126. The van der Waals surface area contributed by atoms with Crippen LogP contribution in [0.15, 0.2) is 60.7 Å². The highest BCUT2D eigenvalue weighted by molar-refractivity contribution is 5.92. The van der Waals surface area contributed by atoms with E-state index in [0.717, 1.165) is 31.7 Å². The van der Waals surface area contributed by atoms with Crippen molar-refractivity contribution < 1.29 is 4.79 Å². The van der Waals surface area contributed by atoms with Crippen molar-refractivity contribution in [2.75, 3.05) is 31.1 Å². The van der Waals surface area contributed by atoms with Crippen LogP contribution in [-0.4, -0.2) is 37.0 Å². The minimum absolute atomic E-state index is 0.0950. The van der Waals surface area contributed by atoms with Gasteiger partial charge in [-0.3, -0.25) is 4.79 Å². The Kier molecular flexibility index (Phi) is 5.46. The van der Waals surface area contributed by atoms with Crippen LogP contribution in [0.3, 0.4) is 0 Å². The monoisotopic (exact) mass is 348 g/mol. The van der Waals surface area contributed by atoms with E-state index in [1.165, 1.54) is 11.3 Å². The number of hydrogen-bond acceptors (Lipinski definition) is 2. The van der Waals surface area contributed by atoms with E-state index in [1.54, 1.807) is 6.08 Å². The van der Waals surface area contributed by atoms with Gasteiger partial charge in [0, 0.05) is 37.9 Å². The molecule has 0 saturated carbocycles. The summed E-state index contributed by atoms with van der Waals surface area (Å²) in [5.41, 5.74) is 3.75. The van der Waals surface area contributed by atoms with Gasteiger partial charge in [0.2, 0.25) is 5.91 Å². The lowest BCUT2D eigenvalue weighted by atomic mass is 9.87. The van der Waals surface area contributed by atoms with Gasteiger partial charge in [0.25, 0.3) is 0 Å². The summed E-state index contributed by atoms with van der Waals surface area (Å²) >= 11 is 0. The van der Waals surface area contributed by atoms with Gasteiger partial charge < -0.3 is 9.80 Å². The number of carbonyl (C=O) groups is 1. The Hall–Kier alpha value is -2.55. The standard InChI is InChI=1S/C23H28N2O/c1-23(2,3)20-12-9-19(10-13-20)11-14-22(26)25-17-15-24(16-18-25)21-7-5-4-6-8-21/h4-14H,15-18H2,1-3H3. The summed E-state index contributed by atoms with van der Waals surface area (Å²) < 4.78 is 0. The fourth-order valence-corrected chi connectivity index (χ4v) is 3.19. The predicted octanol–water partition coefficient (Wildman–Crippen LogP) is 4.35. The van der Waals surface area contributed by atoms with Gasteiger partial charge in [0.15, 0.2) is 0 Å². The van der Waals surface area contributed by atoms with Crippen LogP contribution < -0.4 is 4.90 Å². The van der Waals surface area contributed by atoms with E-state index in [9.17, 15) is 4.79 Å². The average molecular weight is 348 g/mol. The fourth-order valence-electron chi connectivity index (χ4n) is 3.19. The molecule has 1 aliphatic rings. The van der Waals surface area contributed by atoms with Crippen LogP contribution in [-0.2, 0) is 10.2 Å². The maximum Gasteiger partial charge on any atom is 0.246 e. The summed E-state index contributed by atoms with van der Waals surface area (Å²) in [5, 5.41) is 0. The Bertz CT molecular complexity index is 749. The van der Waals surface area contributed by atoms with E-state index in [4.69, 9.17) is 0 Å². The summed E-state index contributed by atoms with van der Waals surface area (Å²) in [4.78, 5) is 16.7. The highest BCUT2D eigenvalue weighted by Crippen LogP contribution is 2.22. The van der Waals surface area contributed by atoms with E-state index in [-0.39, 0.29) is 11.3 Å². The van der Waals surface area contributed by atoms with Crippen molar-refractivity contribution in [2.24, 2.45) is 0 Å². The molecular weight excluding hydrogens is 320 g/mol. The van der Waals surface area contributed by atoms with Gasteiger partial charge in [-0.15, -0.1) is 0 Å². The molecular formula is C23H28N2O. The average Bonchev–Trinajstić information content (AvgIpc) is 2.66. The Balaban J connectivity index is 1.55. The molecule has 136 valence electrons. The van der Waals surface area contributed by atoms with Crippen LogP contribution in [0.25, 0.3) is 6.08 Å². The van der Waals surface area contributed by atoms with Gasteiger partial charge in [0.1, 0.15) is 0 Å². The maximum absolute atomic E-state index is 12.5. The van der Waals surface area contributed by atoms with Crippen LogP contribution in [0.4, 0.5) is 5.69 Å². The number of carbonyl (C=O) groups excluding carboxylic acids is 1. The highest BCUT2D eigenvalue weighted by atomic mass is 16.2. The first-order valence-electron chi connectivity index (χ1n) is 9.31. The summed E-state index contributed by atoms with van der Waals surface area (Å²) in [6.07, 6.45) is 3.61. The smallest absolute Gasteiger partial charge is 0.246 e. The minimum Gasteiger partial charge on any atom is -0.368 e. The Morgan fingerprint density at radius 3 is 2.08 bits per heavy atom. The molecule has 2 aromatic rings.